The molecule has 2 aromatic rings. The molecule has 0 spiro atoms. The van der Waals surface area contributed by atoms with Crippen molar-refractivity contribution in [1.82, 2.24) is 0 Å². The van der Waals surface area contributed by atoms with Crippen molar-refractivity contribution in [2.75, 3.05) is 0 Å². The summed E-state index contributed by atoms with van der Waals surface area (Å²) in [5.74, 6) is -0.390. The summed E-state index contributed by atoms with van der Waals surface area (Å²) in [7, 11) is 0. The minimum atomic E-state index is -0.953. The number of hydrogen-bond donors (Lipinski definition) is 1. The van der Waals surface area contributed by atoms with Crippen LogP contribution in [0.1, 0.15) is 20.8 Å². The molecule has 1 aromatic heterocycles. The Hall–Kier alpha value is -2.50. The molecule has 0 bridgehead atoms. The summed E-state index contributed by atoms with van der Waals surface area (Å²) < 4.78 is 14.8. The van der Waals surface area contributed by atoms with Crippen LogP contribution in [0.3, 0.4) is 0 Å². The number of ether oxygens (including phenoxy) is 2. The number of benzene rings is 1. The molecule has 0 saturated carbocycles. The zero-order valence-corrected chi connectivity index (χ0v) is 11.3. The molecule has 0 unspecified atom stereocenters. The van der Waals surface area contributed by atoms with Crippen molar-refractivity contribution < 1.29 is 23.8 Å². The van der Waals surface area contributed by atoms with Gasteiger partial charge < -0.3 is 19.0 Å². The van der Waals surface area contributed by atoms with Crippen LogP contribution in [0.25, 0.3) is 11.0 Å². The van der Waals surface area contributed by atoms with Gasteiger partial charge in [-0.1, -0.05) is 0 Å². The monoisotopic (exact) mass is 278 g/mol. The summed E-state index contributed by atoms with van der Waals surface area (Å²) in [5, 5.41) is 10.3. The third kappa shape index (κ3) is 3.28. The Kier molecular flexibility index (Phi) is 3.40. The molecular weight excluding hydrogens is 264 g/mol. The molecule has 20 heavy (non-hydrogen) atoms. The first-order valence-corrected chi connectivity index (χ1v) is 5.92. The summed E-state index contributed by atoms with van der Waals surface area (Å²) in [6, 6.07) is 5.32. The molecule has 6 nitrogen and oxygen atoms in total. The van der Waals surface area contributed by atoms with Crippen molar-refractivity contribution in [1.29, 1.82) is 0 Å². The predicted octanol–water partition coefficient (Wildman–Crippen LogP) is 2.81. The molecule has 0 aliphatic heterocycles. The molecule has 1 aromatic carbocycles. The quantitative estimate of drug-likeness (QED) is 0.490. The average molecular weight is 278 g/mol. The van der Waals surface area contributed by atoms with Gasteiger partial charge in [0.05, 0.1) is 0 Å². The summed E-state index contributed by atoms with van der Waals surface area (Å²) in [6.45, 7) is 5.06. The minimum absolute atomic E-state index is 0.138. The van der Waals surface area contributed by atoms with Crippen LogP contribution in [-0.4, -0.2) is 16.9 Å². The highest BCUT2D eigenvalue weighted by Gasteiger charge is 2.19. The predicted molar refractivity (Wildman–Crippen MR) is 71.0 cm³/mol. The Morgan fingerprint density at radius 3 is 2.60 bits per heavy atom. The molecule has 0 radical (unpaired) electrons. The summed E-state index contributed by atoms with van der Waals surface area (Å²) in [6.07, 6.45) is -0.953. The molecule has 0 amide bonds. The van der Waals surface area contributed by atoms with Crippen LogP contribution in [0, 0.1) is 0 Å². The number of phenolic OH excluding ortho intramolecular Hbond substituents is 1. The summed E-state index contributed by atoms with van der Waals surface area (Å²) >= 11 is 0. The second-order valence-corrected chi connectivity index (χ2v) is 5.18. The fourth-order valence-corrected chi connectivity index (χ4v) is 1.53. The maximum atomic E-state index is 11.5. The second-order valence-electron chi connectivity index (χ2n) is 5.18. The molecule has 0 atom stereocenters. The van der Waals surface area contributed by atoms with Gasteiger partial charge in [0.2, 0.25) is 0 Å². The van der Waals surface area contributed by atoms with Gasteiger partial charge in [-0.25, -0.2) is 9.59 Å². The molecule has 1 heterocycles. The Labute approximate surface area is 114 Å². The largest absolute Gasteiger partial charge is 0.514 e. The van der Waals surface area contributed by atoms with Gasteiger partial charge in [-0.15, -0.1) is 0 Å². The van der Waals surface area contributed by atoms with E-state index >= 15 is 0 Å². The number of phenols is 1. The Balaban J connectivity index is 2.32. The van der Waals surface area contributed by atoms with E-state index in [0.29, 0.717) is 5.39 Å². The fraction of sp³-hybridized carbons (Fsp3) is 0.286. The first kappa shape index (κ1) is 13.9. The van der Waals surface area contributed by atoms with Crippen LogP contribution in [0.2, 0.25) is 0 Å². The number of fused-ring (bicyclic) bond motifs is 1. The second kappa shape index (κ2) is 4.88. The molecule has 0 aliphatic rings. The van der Waals surface area contributed by atoms with Gasteiger partial charge in [0.1, 0.15) is 11.2 Å². The van der Waals surface area contributed by atoms with Gasteiger partial charge in [0.15, 0.2) is 11.5 Å². The highest BCUT2D eigenvalue weighted by molar-refractivity contribution is 5.81. The molecule has 106 valence electrons. The number of aromatic hydroxyl groups is 1. The summed E-state index contributed by atoms with van der Waals surface area (Å²) in [4.78, 5) is 22.7. The van der Waals surface area contributed by atoms with Crippen molar-refractivity contribution in [3.8, 4) is 11.5 Å². The number of hydrogen-bond acceptors (Lipinski definition) is 6. The lowest BCUT2D eigenvalue weighted by molar-refractivity contribution is 0.0201. The first-order valence-electron chi connectivity index (χ1n) is 5.92. The van der Waals surface area contributed by atoms with E-state index in [0.717, 1.165) is 0 Å². The van der Waals surface area contributed by atoms with E-state index in [2.05, 4.69) is 0 Å². The van der Waals surface area contributed by atoms with Gasteiger partial charge >= 0.3 is 11.8 Å². The van der Waals surface area contributed by atoms with Gasteiger partial charge in [0, 0.05) is 17.5 Å². The molecule has 6 heteroatoms. The number of carbonyl (C=O) groups excluding carboxylic acids is 1. The molecule has 1 N–H and O–H groups in total. The van der Waals surface area contributed by atoms with E-state index in [1.165, 1.54) is 24.3 Å². The van der Waals surface area contributed by atoms with E-state index in [1.54, 1.807) is 20.8 Å². The number of rotatable bonds is 1. The Morgan fingerprint density at radius 1 is 1.25 bits per heavy atom. The number of carbonyl (C=O) groups is 1. The lowest BCUT2D eigenvalue weighted by atomic mass is 10.2. The third-order valence-electron chi connectivity index (χ3n) is 2.28. The van der Waals surface area contributed by atoms with Gasteiger partial charge in [-0.05, 0) is 32.9 Å². The maximum Gasteiger partial charge on any atom is 0.514 e. The van der Waals surface area contributed by atoms with Crippen LogP contribution < -0.4 is 10.4 Å². The van der Waals surface area contributed by atoms with Crippen LogP contribution >= 0.6 is 0 Å². The molecule has 0 aliphatic carbocycles. The van der Waals surface area contributed by atoms with E-state index < -0.39 is 17.4 Å². The zero-order chi connectivity index (χ0) is 14.9. The van der Waals surface area contributed by atoms with Crippen molar-refractivity contribution >= 4 is 17.1 Å². The highest BCUT2D eigenvalue weighted by atomic mass is 16.7. The van der Waals surface area contributed by atoms with Crippen molar-refractivity contribution in [2.24, 2.45) is 0 Å². The lowest BCUT2D eigenvalue weighted by Gasteiger charge is -2.18. The summed E-state index contributed by atoms with van der Waals surface area (Å²) in [5.41, 5.74) is -1.05. The fourth-order valence-electron chi connectivity index (χ4n) is 1.53. The smallest absolute Gasteiger partial charge is 0.504 e. The standard InChI is InChI=1S/C14H14O6/c1-14(2,3)20-13(17)19-11-7-10-8(6-9(11)15)4-5-12(16)18-10/h4-7,15H,1-3H3. The molecule has 0 fully saturated rings. The van der Waals surface area contributed by atoms with E-state index in [9.17, 15) is 14.7 Å². The van der Waals surface area contributed by atoms with Crippen molar-refractivity contribution in [3.05, 3.63) is 34.7 Å². The maximum absolute atomic E-state index is 11.5. The van der Waals surface area contributed by atoms with Crippen LogP contribution in [-0.2, 0) is 4.74 Å². The van der Waals surface area contributed by atoms with Crippen molar-refractivity contribution in [2.45, 2.75) is 26.4 Å². The third-order valence-corrected chi connectivity index (χ3v) is 2.28. The molecular formula is C14H14O6. The van der Waals surface area contributed by atoms with Gasteiger partial charge in [0.25, 0.3) is 0 Å². The lowest BCUT2D eigenvalue weighted by Crippen LogP contribution is -2.26. The zero-order valence-electron chi connectivity index (χ0n) is 11.3. The average Bonchev–Trinajstić information content (AvgIpc) is 2.28. The topological polar surface area (TPSA) is 86.0 Å². The van der Waals surface area contributed by atoms with E-state index in [4.69, 9.17) is 13.9 Å². The SMILES string of the molecule is CC(C)(C)OC(=O)Oc1cc2oc(=O)ccc2cc1O. The van der Waals surface area contributed by atoms with Crippen LogP contribution in [0.15, 0.2) is 33.5 Å². The Morgan fingerprint density at radius 2 is 1.95 bits per heavy atom. The Bertz CT molecular complexity index is 708. The minimum Gasteiger partial charge on any atom is -0.504 e. The van der Waals surface area contributed by atoms with Crippen LogP contribution in [0.4, 0.5) is 4.79 Å². The van der Waals surface area contributed by atoms with Gasteiger partial charge in [-0.2, -0.15) is 0 Å². The molecule has 2 rings (SSSR count). The van der Waals surface area contributed by atoms with E-state index in [1.807, 2.05) is 0 Å². The molecule has 0 saturated heterocycles. The van der Waals surface area contributed by atoms with Crippen LogP contribution in [0.5, 0.6) is 11.5 Å². The van der Waals surface area contributed by atoms with Gasteiger partial charge in [-0.3, -0.25) is 0 Å². The normalized spacial score (nSPS) is 11.3. The van der Waals surface area contributed by atoms with E-state index in [-0.39, 0.29) is 17.1 Å². The highest BCUT2D eigenvalue weighted by Crippen LogP contribution is 2.31. The van der Waals surface area contributed by atoms with Crippen molar-refractivity contribution in [3.63, 3.8) is 0 Å². The first-order chi connectivity index (χ1) is 9.24.